The second-order valence-electron chi connectivity index (χ2n) is 6.39. The molecule has 0 saturated carbocycles. The quantitative estimate of drug-likeness (QED) is 0.712. The number of benzene rings is 1. The van der Waals surface area contributed by atoms with Crippen molar-refractivity contribution in [3.05, 3.63) is 36.0 Å². The number of rotatable bonds is 7. The molecular formula is C18H23N3O5S. The minimum atomic E-state index is -3.08. The highest BCUT2D eigenvalue weighted by molar-refractivity contribution is 7.91. The Bertz CT molecular complexity index is 906. The van der Waals surface area contributed by atoms with E-state index < -0.39 is 9.84 Å². The predicted molar refractivity (Wildman–Crippen MR) is 101 cm³/mol. The average molecular weight is 393 g/mol. The molecule has 1 aromatic carbocycles. The molecule has 1 amide bonds. The van der Waals surface area contributed by atoms with Crippen molar-refractivity contribution in [1.82, 2.24) is 15.1 Å². The van der Waals surface area contributed by atoms with E-state index in [0.717, 1.165) is 5.56 Å². The Hall–Kier alpha value is -2.39. The highest BCUT2D eigenvalue weighted by Gasteiger charge is 2.32. The summed E-state index contributed by atoms with van der Waals surface area (Å²) in [6.07, 6.45) is 0.484. The van der Waals surface area contributed by atoms with Gasteiger partial charge in [0, 0.05) is 19.2 Å². The number of aromatic nitrogens is 2. The Morgan fingerprint density at radius 3 is 2.63 bits per heavy atom. The van der Waals surface area contributed by atoms with Crippen molar-refractivity contribution in [3.8, 4) is 17.0 Å². The second-order valence-corrected chi connectivity index (χ2v) is 8.62. The zero-order chi connectivity index (χ0) is 19.4. The normalized spacial score (nSPS) is 18.4. The number of ether oxygens (including phenoxy) is 2. The van der Waals surface area contributed by atoms with E-state index in [4.69, 9.17) is 9.47 Å². The van der Waals surface area contributed by atoms with Gasteiger partial charge in [0.25, 0.3) is 5.91 Å². The highest BCUT2D eigenvalue weighted by atomic mass is 32.2. The van der Waals surface area contributed by atoms with Crippen molar-refractivity contribution in [1.29, 1.82) is 0 Å². The largest absolute Gasteiger partial charge is 0.497 e. The van der Waals surface area contributed by atoms with Crippen molar-refractivity contribution in [2.45, 2.75) is 12.5 Å². The molecule has 146 valence electrons. The first-order valence-electron chi connectivity index (χ1n) is 8.65. The Morgan fingerprint density at radius 1 is 1.30 bits per heavy atom. The van der Waals surface area contributed by atoms with Gasteiger partial charge in [-0.2, -0.15) is 5.10 Å². The summed E-state index contributed by atoms with van der Waals surface area (Å²) in [5.41, 5.74) is 1.79. The van der Waals surface area contributed by atoms with E-state index in [1.54, 1.807) is 25.0 Å². The fourth-order valence-corrected chi connectivity index (χ4v) is 4.78. The summed E-state index contributed by atoms with van der Waals surface area (Å²) in [7, 11) is 0.0674. The molecule has 0 radical (unpaired) electrons. The van der Waals surface area contributed by atoms with E-state index in [2.05, 4.69) is 10.4 Å². The summed E-state index contributed by atoms with van der Waals surface area (Å²) in [5.74, 6) is 0.560. The topological polar surface area (TPSA) is 99.5 Å². The molecule has 2 heterocycles. The number of methoxy groups -OCH3 is 2. The van der Waals surface area contributed by atoms with Gasteiger partial charge >= 0.3 is 0 Å². The number of sulfone groups is 1. The summed E-state index contributed by atoms with van der Waals surface area (Å²) in [6, 6.07) is 8.76. The van der Waals surface area contributed by atoms with Crippen LogP contribution in [0.1, 0.15) is 23.0 Å². The molecular weight excluding hydrogens is 370 g/mol. The van der Waals surface area contributed by atoms with Crippen molar-refractivity contribution < 1.29 is 22.7 Å². The van der Waals surface area contributed by atoms with Crippen LogP contribution in [0.25, 0.3) is 11.3 Å². The lowest BCUT2D eigenvalue weighted by Gasteiger charge is -2.13. The third-order valence-electron chi connectivity index (χ3n) is 4.50. The fraction of sp³-hybridized carbons (Fsp3) is 0.444. The number of amides is 1. The Balaban J connectivity index is 1.94. The molecule has 8 nitrogen and oxygen atoms in total. The molecule has 3 rings (SSSR count). The Morgan fingerprint density at radius 2 is 2.04 bits per heavy atom. The van der Waals surface area contributed by atoms with E-state index in [-0.39, 0.29) is 29.1 Å². The van der Waals surface area contributed by atoms with E-state index in [0.29, 0.717) is 31.0 Å². The van der Waals surface area contributed by atoms with Crippen molar-refractivity contribution in [2.75, 3.05) is 38.9 Å². The first-order valence-corrected chi connectivity index (χ1v) is 10.5. The lowest BCUT2D eigenvalue weighted by molar-refractivity contribution is 0.0931. The van der Waals surface area contributed by atoms with Gasteiger partial charge in [0.05, 0.1) is 37.0 Å². The third-order valence-corrected chi connectivity index (χ3v) is 6.25. The van der Waals surface area contributed by atoms with Crippen LogP contribution in [0, 0.1) is 0 Å². The average Bonchev–Trinajstić information content (AvgIpc) is 3.25. The van der Waals surface area contributed by atoms with Gasteiger partial charge in [0.2, 0.25) is 0 Å². The highest BCUT2D eigenvalue weighted by Crippen LogP contribution is 2.30. The van der Waals surface area contributed by atoms with Crippen LogP contribution in [0.3, 0.4) is 0 Å². The summed E-state index contributed by atoms with van der Waals surface area (Å²) < 4.78 is 35.6. The maximum Gasteiger partial charge on any atom is 0.271 e. The lowest BCUT2D eigenvalue weighted by Crippen LogP contribution is -2.27. The summed E-state index contributed by atoms with van der Waals surface area (Å²) >= 11 is 0. The third kappa shape index (κ3) is 4.48. The monoisotopic (exact) mass is 393 g/mol. The fourth-order valence-electron chi connectivity index (χ4n) is 3.09. The van der Waals surface area contributed by atoms with Crippen LogP contribution in [0.2, 0.25) is 0 Å². The van der Waals surface area contributed by atoms with E-state index in [1.807, 2.05) is 24.3 Å². The first kappa shape index (κ1) is 19.4. The van der Waals surface area contributed by atoms with E-state index in [1.165, 1.54) is 0 Å². The molecule has 1 aliphatic rings. The molecule has 1 saturated heterocycles. The molecule has 1 fully saturated rings. The number of carbonyl (C=O) groups is 1. The summed E-state index contributed by atoms with van der Waals surface area (Å²) in [5, 5.41) is 7.16. The van der Waals surface area contributed by atoms with Gasteiger partial charge in [-0.15, -0.1) is 0 Å². The smallest absolute Gasteiger partial charge is 0.271 e. The molecule has 0 unspecified atom stereocenters. The molecule has 0 spiro atoms. The zero-order valence-corrected chi connectivity index (χ0v) is 16.2. The SMILES string of the molecule is COCCNC(=O)c1cc(-c2ccc(OC)cc2)n([C@@H]2CCS(=O)(=O)C2)n1. The number of nitrogens with zero attached hydrogens (tertiary/aromatic N) is 2. The van der Waals surface area contributed by atoms with Crippen LogP contribution in [0.5, 0.6) is 5.75 Å². The van der Waals surface area contributed by atoms with E-state index >= 15 is 0 Å². The van der Waals surface area contributed by atoms with Crippen LogP contribution in [-0.4, -0.2) is 63.0 Å². The van der Waals surface area contributed by atoms with Gasteiger partial charge in [-0.25, -0.2) is 8.42 Å². The van der Waals surface area contributed by atoms with Gasteiger partial charge in [-0.05, 0) is 36.8 Å². The van der Waals surface area contributed by atoms with Crippen molar-refractivity contribution >= 4 is 15.7 Å². The molecule has 1 aliphatic heterocycles. The predicted octanol–water partition coefficient (Wildman–Crippen LogP) is 1.29. The number of nitrogens with one attached hydrogen (secondary N) is 1. The number of carbonyl (C=O) groups excluding carboxylic acids is 1. The zero-order valence-electron chi connectivity index (χ0n) is 15.3. The van der Waals surface area contributed by atoms with Gasteiger partial charge in [-0.3, -0.25) is 9.48 Å². The van der Waals surface area contributed by atoms with Crippen molar-refractivity contribution in [3.63, 3.8) is 0 Å². The van der Waals surface area contributed by atoms with Crippen molar-refractivity contribution in [2.24, 2.45) is 0 Å². The van der Waals surface area contributed by atoms with Gasteiger partial charge in [0.15, 0.2) is 15.5 Å². The Labute approximate surface area is 158 Å². The van der Waals surface area contributed by atoms with Crippen LogP contribution >= 0.6 is 0 Å². The van der Waals surface area contributed by atoms with Gasteiger partial charge in [-0.1, -0.05) is 0 Å². The molecule has 27 heavy (non-hydrogen) atoms. The molecule has 9 heteroatoms. The molecule has 2 aromatic rings. The number of hydrogen-bond acceptors (Lipinski definition) is 6. The number of hydrogen-bond donors (Lipinski definition) is 1. The molecule has 1 atom stereocenters. The van der Waals surface area contributed by atoms with Crippen LogP contribution in [0.15, 0.2) is 30.3 Å². The minimum Gasteiger partial charge on any atom is -0.497 e. The maximum absolute atomic E-state index is 12.4. The van der Waals surface area contributed by atoms with Crippen LogP contribution in [-0.2, 0) is 14.6 Å². The second kappa shape index (κ2) is 8.10. The minimum absolute atomic E-state index is 0.0303. The van der Waals surface area contributed by atoms with Gasteiger partial charge in [0.1, 0.15) is 5.75 Å². The van der Waals surface area contributed by atoms with Crippen LogP contribution < -0.4 is 10.1 Å². The van der Waals surface area contributed by atoms with E-state index in [9.17, 15) is 13.2 Å². The van der Waals surface area contributed by atoms with Gasteiger partial charge < -0.3 is 14.8 Å². The maximum atomic E-state index is 12.4. The first-order chi connectivity index (χ1) is 12.9. The molecule has 1 N–H and O–H groups in total. The summed E-state index contributed by atoms with van der Waals surface area (Å²) in [6.45, 7) is 0.774. The lowest BCUT2D eigenvalue weighted by atomic mass is 10.1. The molecule has 1 aromatic heterocycles. The van der Waals surface area contributed by atoms with Crippen LogP contribution in [0.4, 0.5) is 0 Å². The summed E-state index contributed by atoms with van der Waals surface area (Å²) in [4.78, 5) is 12.4. The Kier molecular flexibility index (Phi) is 5.81. The molecule has 0 bridgehead atoms. The molecule has 0 aliphatic carbocycles. The standard InChI is InChI=1S/C18H23N3O5S/c1-25-9-8-19-18(22)16-11-17(13-3-5-15(26-2)6-4-13)21(20-16)14-7-10-27(23,24)12-14/h3-6,11,14H,7-10,12H2,1-2H3,(H,19,22)/t14-/m1/s1.